The van der Waals surface area contributed by atoms with Crippen LogP contribution in [0.15, 0.2) is 36.4 Å². The van der Waals surface area contributed by atoms with Gasteiger partial charge in [-0.3, -0.25) is 4.79 Å². The van der Waals surface area contributed by atoms with Gasteiger partial charge in [0.05, 0.1) is 6.54 Å². The maximum atomic E-state index is 13.5. The molecule has 3 N–H and O–H groups in total. The van der Waals surface area contributed by atoms with Crippen molar-refractivity contribution < 1.29 is 14.0 Å². The summed E-state index contributed by atoms with van der Waals surface area (Å²) in [7, 11) is 0. The van der Waals surface area contributed by atoms with Gasteiger partial charge < -0.3 is 16.0 Å². The van der Waals surface area contributed by atoms with Gasteiger partial charge in [-0.2, -0.15) is 0 Å². The smallest absolute Gasteiger partial charge is 0.315 e. The average molecular weight is 343 g/mol. The van der Waals surface area contributed by atoms with Crippen molar-refractivity contribution in [1.29, 1.82) is 0 Å². The summed E-state index contributed by atoms with van der Waals surface area (Å²) in [6.45, 7) is 5.72. The van der Waals surface area contributed by atoms with Crippen LogP contribution in [0.3, 0.4) is 0 Å². The molecule has 0 spiro atoms. The Labute approximate surface area is 146 Å². The van der Waals surface area contributed by atoms with E-state index in [4.69, 9.17) is 0 Å². The summed E-state index contributed by atoms with van der Waals surface area (Å²) in [6.07, 6.45) is 0. The van der Waals surface area contributed by atoms with E-state index < -0.39 is 6.03 Å². The third-order valence-electron chi connectivity index (χ3n) is 3.75. The van der Waals surface area contributed by atoms with Crippen molar-refractivity contribution in [3.8, 4) is 0 Å². The zero-order valence-corrected chi connectivity index (χ0v) is 14.6. The molecule has 0 atom stereocenters. The molecule has 25 heavy (non-hydrogen) atoms. The van der Waals surface area contributed by atoms with Crippen LogP contribution in [0.5, 0.6) is 0 Å². The minimum atomic E-state index is -0.532. The first-order valence-electron chi connectivity index (χ1n) is 7.99. The molecule has 0 saturated carbocycles. The topological polar surface area (TPSA) is 70.2 Å². The molecule has 5 nitrogen and oxygen atoms in total. The van der Waals surface area contributed by atoms with Crippen molar-refractivity contribution in [3.63, 3.8) is 0 Å². The first kappa shape index (κ1) is 18.4. The third kappa shape index (κ3) is 5.31. The van der Waals surface area contributed by atoms with Crippen molar-refractivity contribution in [2.24, 2.45) is 0 Å². The number of urea groups is 1. The van der Waals surface area contributed by atoms with E-state index in [2.05, 4.69) is 16.0 Å². The lowest BCUT2D eigenvalue weighted by Crippen LogP contribution is -2.39. The standard InChI is InChI=1S/C19H22FN3O2/c1-12-8-13(2)18(14(3)9-12)23-17(24)11-22-19(25)21-10-15-6-4-5-7-16(15)20/h4-9H,10-11H2,1-3H3,(H,23,24)(H2,21,22,25). The van der Waals surface area contributed by atoms with E-state index in [1.165, 1.54) is 6.07 Å². The van der Waals surface area contributed by atoms with E-state index in [0.717, 1.165) is 22.4 Å². The summed E-state index contributed by atoms with van der Waals surface area (Å²) in [4.78, 5) is 23.8. The van der Waals surface area contributed by atoms with E-state index in [0.29, 0.717) is 5.56 Å². The van der Waals surface area contributed by atoms with E-state index >= 15 is 0 Å². The molecule has 2 aromatic carbocycles. The van der Waals surface area contributed by atoms with Crippen LogP contribution in [-0.2, 0) is 11.3 Å². The lowest BCUT2D eigenvalue weighted by Gasteiger charge is -2.13. The van der Waals surface area contributed by atoms with Crippen LogP contribution in [0.2, 0.25) is 0 Å². The minimum Gasteiger partial charge on any atom is -0.334 e. The summed E-state index contributed by atoms with van der Waals surface area (Å²) in [5.41, 5.74) is 4.19. The normalized spacial score (nSPS) is 10.2. The zero-order chi connectivity index (χ0) is 18.4. The van der Waals surface area contributed by atoms with Crippen molar-refractivity contribution in [3.05, 3.63) is 64.5 Å². The molecule has 0 aliphatic rings. The number of rotatable bonds is 5. The molecule has 3 amide bonds. The highest BCUT2D eigenvalue weighted by Crippen LogP contribution is 2.21. The Balaban J connectivity index is 1.82. The molecule has 6 heteroatoms. The second-order valence-corrected chi connectivity index (χ2v) is 5.95. The number of amides is 3. The highest BCUT2D eigenvalue weighted by Gasteiger charge is 2.10. The van der Waals surface area contributed by atoms with Gasteiger partial charge in [0.15, 0.2) is 0 Å². The van der Waals surface area contributed by atoms with Crippen LogP contribution in [-0.4, -0.2) is 18.5 Å². The Kier molecular flexibility index (Phi) is 6.11. The number of benzene rings is 2. The lowest BCUT2D eigenvalue weighted by molar-refractivity contribution is -0.115. The predicted octanol–water partition coefficient (Wildman–Crippen LogP) is 3.19. The summed E-state index contributed by atoms with van der Waals surface area (Å²) < 4.78 is 13.5. The maximum Gasteiger partial charge on any atom is 0.315 e. The zero-order valence-electron chi connectivity index (χ0n) is 14.6. The molecular formula is C19H22FN3O2. The number of nitrogens with one attached hydrogen (secondary N) is 3. The van der Waals surface area contributed by atoms with Crippen molar-refractivity contribution in [2.75, 3.05) is 11.9 Å². The number of carbonyl (C=O) groups excluding carboxylic acids is 2. The number of hydrogen-bond acceptors (Lipinski definition) is 2. The van der Waals surface area contributed by atoms with Gasteiger partial charge in [-0.1, -0.05) is 35.9 Å². The fourth-order valence-corrected chi connectivity index (χ4v) is 2.60. The van der Waals surface area contributed by atoms with E-state index in [9.17, 15) is 14.0 Å². The highest BCUT2D eigenvalue weighted by molar-refractivity contribution is 5.95. The monoisotopic (exact) mass is 343 g/mol. The molecular weight excluding hydrogens is 321 g/mol. The first-order valence-corrected chi connectivity index (χ1v) is 7.99. The van der Waals surface area contributed by atoms with Gasteiger partial charge >= 0.3 is 6.03 Å². The number of hydrogen-bond donors (Lipinski definition) is 3. The quantitative estimate of drug-likeness (QED) is 0.780. The molecule has 2 rings (SSSR count). The molecule has 0 aliphatic carbocycles. The van der Waals surface area contributed by atoms with Gasteiger partial charge in [-0.15, -0.1) is 0 Å². The molecule has 0 aromatic heterocycles. The summed E-state index contributed by atoms with van der Waals surface area (Å²) >= 11 is 0. The molecule has 0 aliphatic heterocycles. The fraction of sp³-hybridized carbons (Fsp3) is 0.263. The Hall–Kier alpha value is -2.89. The third-order valence-corrected chi connectivity index (χ3v) is 3.75. The maximum absolute atomic E-state index is 13.5. The van der Waals surface area contributed by atoms with E-state index in [1.807, 2.05) is 32.9 Å². The molecule has 0 fully saturated rings. The number of anilines is 1. The van der Waals surface area contributed by atoms with Crippen LogP contribution in [0.4, 0.5) is 14.9 Å². The number of carbonyl (C=O) groups is 2. The van der Waals surface area contributed by atoms with Crippen LogP contribution < -0.4 is 16.0 Å². The van der Waals surface area contributed by atoms with E-state index in [1.54, 1.807) is 18.2 Å². The SMILES string of the molecule is Cc1cc(C)c(NC(=O)CNC(=O)NCc2ccccc2F)c(C)c1. The molecule has 0 bridgehead atoms. The van der Waals surface area contributed by atoms with E-state index in [-0.39, 0.29) is 24.8 Å². The van der Waals surface area contributed by atoms with Gasteiger partial charge in [0, 0.05) is 17.8 Å². The van der Waals surface area contributed by atoms with Crippen molar-refractivity contribution in [2.45, 2.75) is 27.3 Å². The first-order chi connectivity index (χ1) is 11.9. The largest absolute Gasteiger partial charge is 0.334 e. The van der Waals surface area contributed by atoms with Gasteiger partial charge in [-0.05, 0) is 38.0 Å². The van der Waals surface area contributed by atoms with Gasteiger partial charge in [-0.25, -0.2) is 9.18 Å². The molecule has 0 unspecified atom stereocenters. The fourth-order valence-electron chi connectivity index (χ4n) is 2.60. The molecule has 0 heterocycles. The van der Waals surface area contributed by atoms with Gasteiger partial charge in [0.1, 0.15) is 5.82 Å². The Bertz CT molecular complexity index is 767. The Morgan fingerprint density at radius 3 is 2.28 bits per heavy atom. The Morgan fingerprint density at radius 2 is 1.64 bits per heavy atom. The van der Waals surface area contributed by atoms with Gasteiger partial charge in [0.2, 0.25) is 5.91 Å². The summed E-state index contributed by atoms with van der Waals surface area (Å²) in [5, 5.41) is 7.78. The molecule has 0 radical (unpaired) electrons. The average Bonchev–Trinajstić information content (AvgIpc) is 2.55. The predicted molar refractivity (Wildman–Crippen MR) is 95.9 cm³/mol. The second kappa shape index (κ2) is 8.28. The molecule has 0 saturated heterocycles. The highest BCUT2D eigenvalue weighted by atomic mass is 19.1. The summed E-state index contributed by atoms with van der Waals surface area (Å²) in [5.74, 6) is -0.707. The lowest BCUT2D eigenvalue weighted by atomic mass is 10.1. The second-order valence-electron chi connectivity index (χ2n) is 5.95. The minimum absolute atomic E-state index is 0.0519. The van der Waals surface area contributed by atoms with Crippen molar-refractivity contribution >= 4 is 17.6 Å². The van der Waals surface area contributed by atoms with Crippen LogP contribution in [0.25, 0.3) is 0 Å². The molecule has 132 valence electrons. The number of halogens is 1. The van der Waals surface area contributed by atoms with Crippen LogP contribution in [0.1, 0.15) is 22.3 Å². The summed E-state index contributed by atoms with van der Waals surface area (Å²) in [6, 6.07) is 9.63. The number of aryl methyl sites for hydroxylation is 3. The van der Waals surface area contributed by atoms with Crippen LogP contribution >= 0.6 is 0 Å². The van der Waals surface area contributed by atoms with Gasteiger partial charge in [0.25, 0.3) is 0 Å². The van der Waals surface area contributed by atoms with Crippen molar-refractivity contribution in [1.82, 2.24) is 10.6 Å². The molecule has 2 aromatic rings. The Morgan fingerprint density at radius 1 is 1.00 bits per heavy atom. The van der Waals surface area contributed by atoms with Crippen LogP contribution in [0, 0.1) is 26.6 Å².